The molecule has 0 bridgehead atoms. The van der Waals surface area contributed by atoms with Crippen molar-refractivity contribution in [2.45, 2.75) is 0 Å². The van der Waals surface area contributed by atoms with E-state index in [4.69, 9.17) is 10.2 Å². The van der Waals surface area contributed by atoms with Crippen LogP contribution in [-0.4, -0.2) is 25.2 Å². The molecule has 14 heavy (non-hydrogen) atoms. The predicted molar refractivity (Wildman–Crippen MR) is 48.6 cm³/mol. The highest BCUT2D eigenvalue weighted by Crippen LogP contribution is 2.23. The molecular formula is C9H7N3O2. The van der Waals surface area contributed by atoms with Crippen LogP contribution in [0.4, 0.5) is 0 Å². The van der Waals surface area contributed by atoms with Crippen molar-refractivity contribution in [3.05, 3.63) is 30.7 Å². The fourth-order valence-corrected chi connectivity index (χ4v) is 1.01. The number of hydrogen-bond donors (Lipinski definition) is 2. The Bertz CT molecular complexity index is 445. The summed E-state index contributed by atoms with van der Waals surface area (Å²) < 4.78 is 0. The van der Waals surface area contributed by atoms with E-state index >= 15 is 0 Å². The van der Waals surface area contributed by atoms with E-state index < -0.39 is 5.88 Å². The van der Waals surface area contributed by atoms with Crippen molar-refractivity contribution in [1.82, 2.24) is 15.0 Å². The summed E-state index contributed by atoms with van der Waals surface area (Å²) in [5.41, 5.74) is 0.732. The van der Waals surface area contributed by atoms with Gasteiger partial charge >= 0.3 is 0 Å². The lowest BCUT2D eigenvalue weighted by molar-refractivity contribution is 0.386. The molecule has 70 valence electrons. The molecule has 2 rings (SSSR count). The van der Waals surface area contributed by atoms with Gasteiger partial charge in [-0.25, -0.2) is 4.98 Å². The molecule has 0 amide bonds. The van der Waals surface area contributed by atoms with Crippen molar-refractivity contribution < 1.29 is 10.2 Å². The van der Waals surface area contributed by atoms with Gasteiger partial charge in [0.05, 0.1) is 6.20 Å². The van der Waals surface area contributed by atoms with E-state index in [2.05, 4.69) is 15.0 Å². The summed E-state index contributed by atoms with van der Waals surface area (Å²) in [6, 6.07) is 3.43. The molecule has 0 aliphatic heterocycles. The van der Waals surface area contributed by atoms with Gasteiger partial charge in [-0.05, 0) is 12.1 Å². The molecule has 5 nitrogen and oxygen atoms in total. The average molecular weight is 189 g/mol. The Hall–Kier alpha value is -2.17. The SMILES string of the molecule is Oc1cnc(-c2ccncc2)nc1O. The molecule has 0 atom stereocenters. The molecule has 2 heterocycles. The van der Waals surface area contributed by atoms with Gasteiger partial charge in [-0.15, -0.1) is 0 Å². The van der Waals surface area contributed by atoms with Crippen LogP contribution in [0.15, 0.2) is 30.7 Å². The van der Waals surface area contributed by atoms with Crippen molar-refractivity contribution in [2.24, 2.45) is 0 Å². The van der Waals surface area contributed by atoms with Gasteiger partial charge in [-0.1, -0.05) is 0 Å². The molecule has 5 heteroatoms. The minimum absolute atomic E-state index is 0.331. The first-order valence-electron chi connectivity index (χ1n) is 3.93. The summed E-state index contributed by atoms with van der Waals surface area (Å²) in [5, 5.41) is 18.1. The van der Waals surface area contributed by atoms with Gasteiger partial charge in [0, 0.05) is 18.0 Å². The van der Waals surface area contributed by atoms with Crippen molar-refractivity contribution in [3.63, 3.8) is 0 Å². The van der Waals surface area contributed by atoms with Crippen molar-refractivity contribution in [1.29, 1.82) is 0 Å². The lowest BCUT2D eigenvalue weighted by Crippen LogP contribution is -1.88. The third-order valence-corrected chi connectivity index (χ3v) is 1.69. The maximum absolute atomic E-state index is 9.14. The number of aromatic nitrogens is 3. The highest BCUT2D eigenvalue weighted by atomic mass is 16.3. The van der Waals surface area contributed by atoms with Crippen LogP contribution < -0.4 is 0 Å². The molecule has 2 aromatic heterocycles. The van der Waals surface area contributed by atoms with Gasteiger partial charge < -0.3 is 10.2 Å². The zero-order chi connectivity index (χ0) is 9.97. The van der Waals surface area contributed by atoms with Crippen molar-refractivity contribution in [2.75, 3.05) is 0 Å². The fraction of sp³-hybridized carbons (Fsp3) is 0. The molecular weight excluding hydrogens is 182 g/mol. The van der Waals surface area contributed by atoms with Gasteiger partial charge in [-0.3, -0.25) is 4.98 Å². The highest BCUT2D eigenvalue weighted by molar-refractivity contribution is 5.54. The number of nitrogens with zero attached hydrogens (tertiary/aromatic N) is 3. The van der Waals surface area contributed by atoms with Gasteiger partial charge in [0.2, 0.25) is 0 Å². The predicted octanol–water partition coefficient (Wildman–Crippen LogP) is 0.950. The van der Waals surface area contributed by atoms with Crippen LogP contribution in [0.3, 0.4) is 0 Å². The number of rotatable bonds is 1. The maximum atomic E-state index is 9.14. The fourth-order valence-electron chi connectivity index (χ4n) is 1.01. The monoisotopic (exact) mass is 189 g/mol. The van der Waals surface area contributed by atoms with Crippen LogP contribution in [0.5, 0.6) is 11.6 Å². The molecule has 0 saturated heterocycles. The smallest absolute Gasteiger partial charge is 0.258 e. The largest absolute Gasteiger partial charge is 0.502 e. The van der Waals surface area contributed by atoms with Crippen LogP contribution in [0, 0.1) is 0 Å². The summed E-state index contributed by atoms with van der Waals surface area (Å²) >= 11 is 0. The Labute approximate surface area is 79.7 Å². The summed E-state index contributed by atoms with van der Waals surface area (Å²) in [4.78, 5) is 11.4. The summed E-state index contributed by atoms with van der Waals surface area (Å²) in [7, 11) is 0. The number of hydrogen-bond acceptors (Lipinski definition) is 5. The Morgan fingerprint density at radius 3 is 2.43 bits per heavy atom. The lowest BCUT2D eigenvalue weighted by Gasteiger charge is -2.00. The first-order chi connectivity index (χ1) is 6.77. The zero-order valence-electron chi connectivity index (χ0n) is 7.12. The quantitative estimate of drug-likeness (QED) is 0.698. The Morgan fingerprint density at radius 2 is 1.79 bits per heavy atom. The topological polar surface area (TPSA) is 79.1 Å². The lowest BCUT2D eigenvalue weighted by atomic mass is 10.2. The van der Waals surface area contributed by atoms with Crippen LogP contribution in [0.1, 0.15) is 0 Å². The van der Waals surface area contributed by atoms with E-state index in [9.17, 15) is 0 Å². The second kappa shape index (κ2) is 3.29. The summed E-state index contributed by atoms with van der Waals surface area (Å²) in [5.74, 6) is -0.405. The molecule has 0 aliphatic rings. The van der Waals surface area contributed by atoms with E-state index in [0.717, 1.165) is 11.8 Å². The highest BCUT2D eigenvalue weighted by Gasteiger charge is 2.05. The Morgan fingerprint density at radius 1 is 1.07 bits per heavy atom. The second-order valence-corrected chi connectivity index (χ2v) is 2.64. The number of pyridine rings is 1. The molecule has 2 aromatic rings. The first-order valence-corrected chi connectivity index (χ1v) is 3.93. The molecule has 0 unspecified atom stereocenters. The Kier molecular flexibility index (Phi) is 1.98. The summed E-state index contributed by atoms with van der Waals surface area (Å²) in [6.45, 7) is 0. The summed E-state index contributed by atoms with van der Waals surface area (Å²) in [6.07, 6.45) is 4.35. The third kappa shape index (κ3) is 1.47. The average Bonchev–Trinajstić information content (AvgIpc) is 2.23. The minimum atomic E-state index is -0.424. The molecule has 0 spiro atoms. The van der Waals surface area contributed by atoms with Crippen molar-refractivity contribution >= 4 is 0 Å². The third-order valence-electron chi connectivity index (χ3n) is 1.69. The van der Waals surface area contributed by atoms with Crippen LogP contribution >= 0.6 is 0 Å². The van der Waals surface area contributed by atoms with Gasteiger partial charge in [0.15, 0.2) is 11.6 Å². The zero-order valence-corrected chi connectivity index (χ0v) is 7.12. The van der Waals surface area contributed by atoms with E-state index in [-0.39, 0.29) is 5.75 Å². The molecule has 0 fully saturated rings. The van der Waals surface area contributed by atoms with E-state index in [1.54, 1.807) is 24.5 Å². The molecule has 0 aliphatic carbocycles. The minimum Gasteiger partial charge on any atom is -0.502 e. The molecule has 2 N–H and O–H groups in total. The molecule has 0 aromatic carbocycles. The van der Waals surface area contributed by atoms with Crippen LogP contribution in [0.2, 0.25) is 0 Å². The number of aromatic hydroxyl groups is 2. The second-order valence-electron chi connectivity index (χ2n) is 2.64. The Balaban J connectivity index is 2.48. The van der Waals surface area contributed by atoms with Gasteiger partial charge in [0.1, 0.15) is 0 Å². The van der Waals surface area contributed by atoms with E-state index in [0.29, 0.717) is 5.82 Å². The van der Waals surface area contributed by atoms with Gasteiger partial charge in [-0.2, -0.15) is 4.98 Å². The van der Waals surface area contributed by atoms with Gasteiger partial charge in [0.25, 0.3) is 5.88 Å². The van der Waals surface area contributed by atoms with E-state index in [1.165, 1.54) is 0 Å². The van der Waals surface area contributed by atoms with Crippen LogP contribution in [0.25, 0.3) is 11.4 Å². The standard InChI is InChI=1S/C9H7N3O2/c13-7-5-11-8(12-9(7)14)6-1-3-10-4-2-6/h1-5,13H,(H,11,12,14). The van der Waals surface area contributed by atoms with E-state index in [1.807, 2.05) is 0 Å². The van der Waals surface area contributed by atoms with Crippen molar-refractivity contribution in [3.8, 4) is 23.0 Å². The molecule has 0 radical (unpaired) electrons. The first kappa shape index (κ1) is 8.43. The van der Waals surface area contributed by atoms with Crippen LogP contribution in [-0.2, 0) is 0 Å². The normalized spacial score (nSPS) is 10.0. The maximum Gasteiger partial charge on any atom is 0.258 e. The molecule has 0 saturated carbocycles.